The maximum atomic E-state index is 3.47. The molecule has 0 aliphatic rings. The summed E-state index contributed by atoms with van der Waals surface area (Å²) in [4.78, 5) is 0. The van der Waals surface area contributed by atoms with Crippen molar-refractivity contribution in [3.05, 3.63) is 53.4 Å². The third-order valence-corrected chi connectivity index (χ3v) is 5.52. The van der Waals surface area contributed by atoms with Crippen molar-refractivity contribution in [3.8, 4) is 0 Å². The normalized spacial score (nSPS) is 14.3. The first-order valence-electron chi connectivity index (χ1n) is 6.27. The van der Waals surface area contributed by atoms with E-state index in [1.165, 1.54) is 9.77 Å². The molecule has 1 N–H and O–H groups in total. The van der Waals surface area contributed by atoms with Gasteiger partial charge in [0.15, 0.2) is 0 Å². The lowest BCUT2D eigenvalue weighted by atomic mass is 10.0. The van der Waals surface area contributed by atoms with Crippen LogP contribution in [0.3, 0.4) is 0 Å². The summed E-state index contributed by atoms with van der Waals surface area (Å²) < 4.78 is 1.40. The van der Waals surface area contributed by atoms with Crippen molar-refractivity contribution in [1.82, 2.24) is 5.32 Å². The molecule has 2 aromatic rings. The van der Waals surface area contributed by atoms with Crippen molar-refractivity contribution in [2.75, 3.05) is 7.05 Å². The second kappa shape index (κ2) is 6.98. The van der Waals surface area contributed by atoms with Gasteiger partial charge in [0.1, 0.15) is 0 Å². The number of nitrogens with one attached hydrogen (secondary N) is 1. The van der Waals surface area contributed by atoms with E-state index in [9.17, 15) is 0 Å². The smallest absolute Gasteiger partial charge is 0.0601 e. The van der Waals surface area contributed by atoms with E-state index in [0.29, 0.717) is 11.3 Å². The van der Waals surface area contributed by atoms with Crippen molar-refractivity contribution in [2.24, 2.45) is 0 Å². The molecule has 0 saturated heterocycles. The number of thioether (sulfide) groups is 1. The first-order chi connectivity index (χ1) is 8.85. The predicted molar refractivity (Wildman–Crippen MR) is 82.5 cm³/mol. The zero-order chi connectivity index (χ0) is 12.8. The average Bonchev–Trinajstić information content (AvgIpc) is 2.92. The second-order valence-corrected chi connectivity index (χ2v) is 6.66. The highest BCUT2D eigenvalue weighted by atomic mass is 32.2. The Balaban J connectivity index is 2.14. The molecule has 0 bridgehead atoms. The van der Waals surface area contributed by atoms with Crippen LogP contribution < -0.4 is 5.32 Å². The summed E-state index contributed by atoms with van der Waals surface area (Å²) in [7, 11) is 2.05. The van der Waals surface area contributed by atoms with Gasteiger partial charge in [-0.05, 0) is 30.5 Å². The molecule has 0 aliphatic carbocycles. The molecule has 96 valence electrons. The highest BCUT2D eigenvalue weighted by Crippen LogP contribution is 2.36. The van der Waals surface area contributed by atoms with Gasteiger partial charge in [-0.1, -0.05) is 43.3 Å². The molecule has 1 heterocycles. The van der Waals surface area contributed by atoms with Gasteiger partial charge in [-0.15, -0.1) is 23.1 Å². The molecule has 0 saturated carbocycles. The van der Waals surface area contributed by atoms with Crippen molar-refractivity contribution in [1.29, 1.82) is 0 Å². The molecule has 0 aliphatic heterocycles. The summed E-state index contributed by atoms with van der Waals surface area (Å²) in [5.41, 5.74) is 1.37. The second-order valence-electron chi connectivity index (χ2n) is 4.17. The molecule has 1 aromatic carbocycles. The zero-order valence-electron chi connectivity index (χ0n) is 10.8. The molecular formula is C15H19NS2. The fourth-order valence-corrected chi connectivity index (χ4v) is 4.35. The molecule has 1 nitrogen and oxygen atoms in total. The van der Waals surface area contributed by atoms with Crippen LogP contribution in [0.4, 0.5) is 0 Å². The van der Waals surface area contributed by atoms with Crippen LogP contribution in [0.25, 0.3) is 0 Å². The Morgan fingerprint density at radius 2 is 1.94 bits per heavy atom. The molecule has 3 heteroatoms. The molecule has 2 unspecified atom stereocenters. The largest absolute Gasteiger partial charge is 0.312 e. The number of thiophene rings is 1. The van der Waals surface area contributed by atoms with E-state index in [0.717, 1.165) is 6.42 Å². The first-order valence-corrected chi connectivity index (χ1v) is 8.03. The summed E-state index contributed by atoms with van der Waals surface area (Å²) in [6.45, 7) is 2.26. The molecule has 18 heavy (non-hydrogen) atoms. The minimum Gasteiger partial charge on any atom is -0.312 e. The van der Waals surface area contributed by atoms with Gasteiger partial charge in [-0.25, -0.2) is 0 Å². The van der Waals surface area contributed by atoms with Crippen LogP contribution in [0.2, 0.25) is 0 Å². The lowest BCUT2D eigenvalue weighted by molar-refractivity contribution is 0.556. The lowest BCUT2D eigenvalue weighted by Gasteiger charge is -2.25. The summed E-state index contributed by atoms with van der Waals surface area (Å²) in [6, 6.07) is 15.4. The molecule has 0 spiro atoms. The van der Waals surface area contributed by atoms with Gasteiger partial charge in [0.2, 0.25) is 0 Å². The number of hydrogen-bond acceptors (Lipinski definition) is 3. The fraction of sp³-hybridized carbons (Fsp3) is 0.333. The Labute approximate surface area is 118 Å². The highest BCUT2D eigenvalue weighted by molar-refractivity contribution is 8.01. The molecule has 2 rings (SSSR count). The standard InChI is InChI=1S/C15H19NS2/c1-3-13(18-14-10-7-11-17-14)15(16-2)12-8-5-4-6-9-12/h4-11,13,15-16H,3H2,1-2H3. The van der Waals surface area contributed by atoms with E-state index in [1.807, 2.05) is 23.1 Å². The van der Waals surface area contributed by atoms with Gasteiger partial charge < -0.3 is 5.32 Å². The summed E-state index contributed by atoms with van der Waals surface area (Å²) >= 11 is 3.80. The van der Waals surface area contributed by atoms with Gasteiger partial charge in [-0.3, -0.25) is 0 Å². The van der Waals surface area contributed by atoms with Gasteiger partial charge in [0.05, 0.1) is 4.21 Å². The lowest BCUT2D eigenvalue weighted by Crippen LogP contribution is -2.26. The van der Waals surface area contributed by atoms with Crippen molar-refractivity contribution < 1.29 is 0 Å². The van der Waals surface area contributed by atoms with Crippen LogP contribution in [-0.2, 0) is 0 Å². The van der Waals surface area contributed by atoms with E-state index in [4.69, 9.17) is 0 Å². The van der Waals surface area contributed by atoms with Crippen LogP contribution in [0.15, 0.2) is 52.1 Å². The zero-order valence-corrected chi connectivity index (χ0v) is 12.4. The van der Waals surface area contributed by atoms with Gasteiger partial charge in [0, 0.05) is 11.3 Å². The van der Waals surface area contributed by atoms with Crippen molar-refractivity contribution in [2.45, 2.75) is 28.8 Å². The maximum Gasteiger partial charge on any atom is 0.0601 e. The summed E-state index contributed by atoms with van der Waals surface area (Å²) in [5.74, 6) is 0. The number of benzene rings is 1. The van der Waals surface area contributed by atoms with E-state index in [2.05, 4.69) is 67.1 Å². The van der Waals surface area contributed by atoms with E-state index >= 15 is 0 Å². The summed E-state index contributed by atoms with van der Waals surface area (Å²) in [5, 5.41) is 6.18. The van der Waals surface area contributed by atoms with E-state index in [1.54, 1.807) is 0 Å². The van der Waals surface area contributed by atoms with Crippen molar-refractivity contribution in [3.63, 3.8) is 0 Å². The number of rotatable bonds is 6. The minimum absolute atomic E-state index is 0.406. The van der Waals surface area contributed by atoms with Gasteiger partial charge in [-0.2, -0.15) is 0 Å². The van der Waals surface area contributed by atoms with Gasteiger partial charge >= 0.3 is 0 Å². The first kappa shape index (κ1) is 13.7. The average molecular weight is 277 g/mol. The van der Waals surface area contributed by atoms with Crippen LogP contribution in [-0.4, -0.2) is 12.3 Å². The quantitative estimate of drug-likeness (QED) is 0.776. The molecule has 0 amide bonds. The Morgan fingerprint density at radius 1 is 1.17 bits per heavy atom. The van der Waals surface area contributed by atoms with Crippen LogP contribution in [0, 0.1) is 0 Å². The molecule has 0 fully saturated rings. The molecule has 0 radical (unpaired) electrons. The Kier molecular flexibility index (Phi) is 5.29. The summed E-state index contributed by atoms with van der Waals surface area (Å²) in [6.07, 6.45) is 1.16. The molecule has 2 atom stereocenters. The Hall–Kier alpha value is -0.770. The third-order valence-electron chi connectivity index (χ3n) is 3.01. The SMILES string of the molecule is CCC(Sc1cccs1)C(NC)c1ccccc1. The molecular weight excluding hydrogens is 258 g/mol. The Morgan fingerprint density at radius 3 is 2.50 bits per heavy atom. The third kappa shape index (κ3) is 3.37. The van der Waals surface area contributed by atoms with Crippen LogP contribution in [0.1, 0.15) is 24.9 Å². The minimum atomic E-state index is 0.406. The van der Waals surface area contributed by atoms with Crippen LogP contribution in [0.5, 0.6) is 0 Å². The van der Waals surface area contributed by atoms with E-state index < -0.39 is 0 Å². The molecule has 1 aromatic heterocycles. The van der Waals surface area contributed by atoms with Crippen LogP contribution >= 0.6 is 23.1 Å². The maximum absolute atomic E-state index is 3.47. The fourth-order valence-electron chi connectivity index (χ4n) is 2.09. The monoisotopic (exact) mass is 277 g/mol. The van der Waals surface area contributed by atoms with Gasteiger partial charge in [0.25, 0.3) is 0 Å². The predicted octanol–water partition coefficient (Wildman–Crippen LogP) is 4.58. The van der Waals surface area contributed by atoms with E-state index in [-0.39, 0.29) is 0 Å². The Bertz CT molecular complexity index is 439. The van der Waals surface area contributed by atoms with Crippen molar-refractivity contribution >= 4 is 23.1 Å². The highest BCUT2D eigenvalue weighted by Gasteiger charge is 2.21. The topological polar surface area (TPSA) is 12.0 Å². The number of hydrogen-bond donors (Lipinski definition) is 1.